The van der Waals surface area contributed by atoms with Gasteiger partial charge in [-0.15, -0.1) is 12.4 Å². The van der Waals surface area contributed by atoms with Crippen molar-refractivity contribution in [2.75, 3.05) is 18.4 Å². The molecule has 2 aromatic rings. The summed E-state index contributed by atoms with van der Waals surface area (Å²) < 4.78 is 1.68. The molecule has 1 saturated heterocycles. The van der Waals surface area contributed by atoms with Crippen molar-refractivity contribution in [3.8, 4) is 0 Å². The second-order valence-corrected chi connectivity index (χ2v) is 8.26. The van der Waals surface area contributed by atoms with Crippen LogP contribution in [0.1, 0.15) is 62.4 Å². The van der Waals surface area contributed by atoms with E-state index < -0.39 is 0 Å². The maximum atomic E-state index is 12.3. The number of benzene rings is 1. The number of carbonyl (C=O) groups is 1. The van der Waals surface area contributed by atoms with Gasteiger partial charge in [-0.25, -0.2) is 4.68 Å². The van der Waals surface area contributed by atoms with Crippen molar-refractivity contribution in [1.29, 1.82) is 0 Å². The number of halogens is 1. The number of amides is 1. The highest BCUT2D eigenvalue weighted by molar-refractivity contribution is 5.88. The Balaban J connectivity index is 0.00000300. The number of nitrogens with one attached hydrogen (secondary N) is 2. The van der Waals surface area contributed by atoms with Crippen molar-refractivity contribution in [2.45, 2.75) is 58.3 Å². The van der Waals surface area contributed by atoms with Gasteiger partial charge in [0.25, 0.3) is 0 Å². The van der Waals surface area contributed by atoms with Gasteiger partial charge in [0.05, 0.1) is 0 Å². The smallest absolute Gasteiger partial charge is 0.227 e. The Kier molecular flexibility index (Phi) is 9.11. The number of rotatable bonds is 8. The zero-order chi connectivity index (χ0) is 19.9. The monoisotopic (exact) mass is 419 g/mol. The lowest BCUT2D eigenvalue weighted by Gasteiger charge is -2.19. The third-order valence-corrected chi connectivity index (χ3v) is 5.27. The summed E-state index contributed by atoms with van der Waals surface area (Å²) in [5.74, 6) is 2.46. The fourth-order valence-electron chi connectivity index (χ4n) is 3.72. The molecule has 1 aromatic heterocycles. The van der Waals surface area contributed by atoms with Crippen molar-refractivity contribution in [3.05, 3.63) is 41.2 Å². The molecule has 1 aromatic carbocycles. The summed E-state index contributed by atoms with van der Waals surface area (Å²) in [6.45, 7) is 6.48. The molecule has 7 heteroatoms. The number of piperidine rings is 1. The quantitative estimate of drug-likeness (QED) is 0.681. The Morgan fingerprint density at radius 3 is 2.52 bits per heavy atom. The average molecular weight is 420 g/mol. The minimum Gasteiger partial charge on any atom is -0.317 e. The Labute approximate surface area is 180 Å². The van der Waals surface area contributed by atoms with Crippen molar-refractivity contribution < 1.29 is 4.79 Å². The van der Waals surface area contributed by atoms with Gasteiger partial charge in [0.15, 0.2) is 5.82 Å². The molecule has 2 N–H and O–H groups in total. The number of aryl methyl sites for hydroxylation is 2. The first-order chi connectivity index (χ1) is 13.5. The molecule has 0 spiro atoms. The predicted octanol–water partition coefficient (Wildman–Crippen LogP) is 3.86. The zero-order valence-electron chi connectivity index (χ0n) is 17.8. The van der Waals surface area contributed by atoms with Gasteiger partial charge in [0.1, 0.15) is 0 Å². The van der Waals surface area contributed by atoms with Gasteiger partial charge in [-0.3, -0.25) is 10.1 Å². The highest BCUT2D eigenvalue weighted by Gasteiger charge is 2.21. The standard InChI is InChI=1S/C22H33N5O.ClH/c1-16(2)15-18-9-7-17(8-10-18)5-4-6-20(28)24-22-25-21(26-27(22)3)19-11-13-23-14-12-19;/h7-10,16,19,23H,4-6,11-15H2,1-3H3,(H,24,25,26,28);1H. The van der Waals surface area contributed by atoms with E-state index in [9.17, 15) is 4.79 Å². The molecule has 1 amide bonds. The normalized spacial score (nSPS) is 14.6. The van der Waals surface area contributed by atoms with Crippen LogP contribution in [0.5, 0.6) is 0 Å². The van der Waals surface area contributed by atoms with Gasteiger partial charge in [0.2, 0.25) is 11.9 Å². The van der Waals surface area contributed by atoms with Crippen molar-refractivity contribution >= 4 is 24.3 Å². The summed E-state index contributed by atoms with van der Waals surface area (Å²) in [7, 11) is 1.84. The molecular weight excluding hydrogens is 386 g/mol. The Hall–Kier alpha value is -1.92. The number of carbonyl (C=O) groups excluding carboxylic acids is 1. The summed E-state index contributed by atoms with van der Waals surface area (Å²) >= 11 is 0. The molecule has 2 heterocycles. The van der Waals surface area contributed by atoms with Crippen LogP contribution in [0.2, 0.25) is 0 Å². The van der Waals surface area contributed by atoms with E-state index in [-0.39, 0.29) is 18.3 Å². The van der Waals surface area contributed by atoms with E-state index in [1.54, 1.807) is 4.68 Å². The minimum absolute atomic E-state index is 0. The molecular formula is C22H34ClN5O. The maximum Gasteiger partial charge on any atom is 0.227 e. The largest absolute Gasteiger partial charge is 0.317 e. The molecule has 29 heavy (non-hydrogen) atoms. The van der Waals surface area contributed by atoms with Gasteiger partial charge < -0.3 is 5.32 Å². The highest BCUT2D eigenvalue weighted by Crippen LogP contribution is 2.23. The van der Waals surface area contributed by atoms with Crippen LogP contribution in [0, 0.1) is 5.92 Å². The fourth-order valence-corrected chi connectivity index (χ4v) is 3.72. The van der Waals surface area contributed by atoms with E-state index in [1.807, 2.05) is 7.05 Å². The molecule has 0 unspecified atom stereocenters. The van der Waals surface area contributed by atoms with Gasteiger partial charge in [0, 0.05) is 19.4 Å². The molecule has 160 valence electrons. The van der Waals surface area contributed by atoms with Crippen LogP contribution in [0.25, 0.3) is 0 Å². The van der Waals surface area contributed by atoms with Crippen molar-refractivity contribution in [1.82, 2.24) is 20.1 Å². The first-order valence-corrected chi connectivity index (χ1v) is 10.5. The third-order valence-electron chi connectivity index (χ3n) is 5.27. The molecule has 6 nitrogen and oxygen atoms in total. The van der Waals surface area contributed by atoms with Crippen LogP contribution in [0.15, 0.2) is 24.3 Å². The van der Waals surface area contributed by atoms with Crippen LogP contribution in [-0.4, -0.2) is 33.8 Å². The van der Waals surface area contributed by atoms with E-state index in [0.29, 0.717) is 24.2 Å². The molecule has 0 saturated carbocycles. The minimum atomic E-state index is 0. The second kappa shape index (κ2) is 11.3. The number of aromatic nitrogens is 3. The summed E-state index contributed by atoms with van der Waals surface area (Å²) in [6, 6.07) is 8.78. The van der Waals surface area contributed by atoms with E-state index in [2.05, 4.69) is 58.8 Å². The zero-order valence-corrected chi connectivity index (χ0v) is 18.6. The molecule has 1 aliphatic rings. The van der Waals surface area contributed by atoms with Crippen molar-refractivity contribution in [2.24, 2.45) is 13.0 Å². The van der Waals surface area contributed by atoms with Gasteiger partial charge in [-0.2, -0.15) is 10.1 Å². The molecule has 1 aliphatic heterocycles. The molecule has 0 atom stereocenters. The van der Waals surface area contributed by atoms with Gasteiger partial charge in [-0.05, 0) is 62.2 Å². The summed E-state index contributed by atoms with van der Waals surface area (Å²) in [5, 5.41) is 10.8. The van der Waals surface area contributed by atoms with E-state index >= 15 is 0 Å². The van der Waals surface area contributed by atoms with Crippen LogP contribution < -0.4 is 10.6 Å². The van der Waals surface area contributed by atoms with E-state index in [0.717, 1.165) is 51.0 Å². The number of hydrogen-bond donors (Lipinski definition) is 2. The van der Waals surface area contributed by atoms with Crippen molar-refractivity contribution in [3.63, 3.8) is 0 Å². The Morgan fingerprint density at radius 1 is 1.21 bits per heavy atom. The van der Waals surface area contributed by atoms with Crippen LogP contribution in [0.4, 0.5) is 5.95 Å². The molecule has 3 rings (SSSR count). The number of anilines is 1. The van der Waals surface area contributed by atoms with Gasteiger partial charge >= 0.3 is 0 Å². The first kappa shape index (κ1) is 23.4. The summed E-state index contributed by atoms with van der Waals surface area (Å²) in [5.41, 5.74) is 2.66. The second-order valence-electron chi connectivity index (χ2n) is 8.26. The average Bonchev–Trinajstić information content (AvgIpc) is 3.04. The Morgan fingerprint density at radius 2 is 1.86 bits per heavy atom. The predicted molar refractivity (Wildman–Crippen MR) is 120 cm³/mol. The molecule has 1 fully saturated rings. The highest BCUT2D eigenvalue weighted by atomic mass is 35.5. The Bertz CT molecular complexity index is 766. The summed E-state index contributed by atoms with van der Waals surface area (Å²) in [4.78, 5) is 16.9. The molecule has 0 radical (unpaired) electrons. The van der Waals surface area contributed by atoms with E-state index in [1.165, 1.54) is 11.1 Å². The topological polar surface area (TPSA) is 71.8 Å². The van der Waals surface area contributed by atoms with Crippen LogP contribution in [0.3, 0.4) is 0 Å². The third kappa shape index (κ3) is 7.12. The lowest BCUT2D eigenvalue weighted by atomic mass is 9.98. The molecule has 0 aliphatic carbocycles. The lowest BCUT2D eigenvalue weighted by molar-refractivity contribution is -0.116. The fraction of sp³-hybridized carbons (Fsp3) is 0.591. The first-order valence-electron chi connectivity index (χ1n) is 10.5. The molecule has 0 bridgehead atoms. The lowest BCUT2D eigenvalue weighted by Crippen LogP contribution is -2.27. The van der Waals surface area contributed by atoms with Crippen LogP contribution in [-0.2, 0) is 24.7 Å². The maximum absolute atomic E-state index is 12.3. The SMILES string of the molecule is CC(C)Cc1ccc(CCCC(=O)Nc2nc(C3CCNCC3)nn2C)cc1.Cl. The summed E-state index contributed by atoms with van der Waals surface area (Å²) in [6.07, 6.45) is 5.44. The van der Waals surface area contributed by atoms with Crippen LogP contribution >= 0.6 is 12.4 Å². The number of nitrogens with zero attached hydrogens (tertiary/aromatic N) is 3. The van der Waals surface area contributed by atoms with E-state index in [4.69, 9.17) is 0 Å². The number of hydrogen-bond acceptors (Lipinski definition) is 4. The van der Waals surface area contributed by atoms with Gasteiger partial charge in [-0.1, -0.05) is 38.1 Å².